The van der Waals surface area contributed by atoms with Gasteiger partial charge in [-0.2, -0.15) is 0 Å². The Labute approximate surface area is 184 Å². The molecular formula is C25H22O5S. The zero-order valence-corrected chi connectivity index (χ0v) is 18.5. The van der Waals surface area contributed by atoms with E-state index in [9.17, 15) is 4.79 Å². The number of hydrogen-bond donors (Lipinski definition) is 0. The Morgan fingerprint density at radius 2 is 1.26 bits per heavy atom. The Hall–Kier alpha value is -3.51. The molecule has 0 aliphatic carbocycles. The van der Waals surface area contributed by atoms with Crippen molar-refractivity contribution in [3.63, 3.8) is 0 Å². The zero-order chi connectivity index (χ0) is 22.0. The zero-order valence-electron chi connectivity index (χ0n) is 17.7. The summed E-state index contributed by atoms with van der Waals surface area (Å²) in [5.41, 5.74) is 2.16. The molecule has 0 N–H and O–H groups in total. The maximum atomic E-state index is 13.7. The molecule has 0 atom stereocenters. The predicted octanol–water partition coefficient (Wildman–Crippen LogP) is 5.83. The minimum absolute atomic E-state index is 0.0630. The minimum atomic E-state index is -0.0630. The van der Waals surface area contributed by atoms with Crippen LogP contribution in [-0.4, -0.2) is 34.2 Å². The van der Waals surface area contributed by atoms with E-state index in [0.717, 1.165) is 26.3 Å². The fraction of sp³-hybridized carbons (Fsp3) is 0.160. The van der Waals surface area contributed by atoms with Crippen molar-refractivity contribution in [3.8, 4) is 33.4 Å². The number of rotatable bonds is 7. The standard InChI is InChI=1S/C25H22O5S/c1-27-17-9-5-15(6-10-17)24(26)23-19-13-20(29-3)21(30-4)14-22(19)31-25(23)16-7-11-18(28-2)12-8-16/h5-14H,1-4H3. The lowest BCUT2D eigenvalue weighted by Gasteiger charge is -2.09. The molecule has 0 saturated heterocycles. The van der Waals surface area contributed by atoms with Crippen molar-refractivity contribution >= 4 is 27.2 Å². The summed E-state index contributed by atoms with van der Waals surface area (Å²) < 4.78 is 22.4. The molecule has 0 unspecified atom stereocenters. The van der Waals surface area contributed by atoms with Crippen LogP contribution >= 0.6 is 11.3 Å². The topological polar surface area (TPSA) is 54.0 Å². The van der Waals surface area contributed by atoms with E-state index in [2.05, 4.69) is 0 Å². The second kappa shape index (κ2) is 8.70. The summed E-state index contributed by atoms with van der Waals surface area (Å²) in [7, 11) is 6.42. The Morgan fingerprint density at radius 1 is 0.710 bits per heavy atom. The first-order chi connectivity index (χ1) is 15.1. The number of ether oxygens (including phenoxy) is 4. The molecule has 0 aliphatic heterocycles. The molecule has 0 saturated carbocycles. The van der Waals surface area contributed by atoms with Crippen LogP contribution < -0.4 is 18.9 Å². The number of fused-ring (bicyclic) bond motifs is 1. The van der Waals surface area contributed by atoms with Crippen LogP contribution in [0.5, 0.6) is 23.0 Å². The van der Waals surface area contributed by atoms with Crippen LogP contribution in [0.3, 0.4) is 0 Å². The maximum absolute atomic E-state index is 13.7. The molecule has 1 heterocycles. The molecule has 4 rings (SSSR count). The first kappa shape index (κ1) is 20.8. The fourth-order valence-electron chi connectivity index (χ4n) is 3.48. The molecule has 6 heteroatoms. The predicted molar refractivity (Wildman–Crippen MR) is 123 cm³/mol. The summed E-state index contributed by atoms with van der Waals surface area (Å²) in [4.78, 5) is 14.5. The van der Waals surface area contributed by atoms with Crippen LogP contribution in [0.1, 0.15) is 15.9 Å². The molecule has 1 aromatic heterocycles. The summed E-state index contributed by atoms with van der Waals surface area (Å²) in [5.74, 6) is 2.61. The Bertz CT molecular complexity index is 1220. The number of methoxy groups -OCH3 is 4. The van der Waals surface area contributed by atoms with E-state index in [4.69, 9.17) is 18.9 Å². The molecule has 0 fully saturated rings. The number of benzene rings is 3. The summed E-state index contributed by atoms with van der Waals surface area (Å²) in [6, 6.07) is 18.6. The van der Waals surface area contributed by atoms with Gasteiger partial charge in [-0.25, -0.2) is 0 Å². The van der Waals surface area contributed by atoms with E-state index < -0.39 is 0 Å². The number of thiophene rings is 1. The normalized spacial score (nSPS) is 10.7. The van der Waals surface area contributed by atoms with Gasteiger partial charge in [0.05, 0.1) is 28.4 Å². The lowest BCUT2D eigenvalue weighted by Crippen LogP contribution is -2.02. The summed E-state index contributed by atoms with van der Waals surface area (Å²) in [6.07, 6.45) is 0. The van der Waals surface area contributed by atoms with Crippen LogP contribution in [0.2, 0.25) is 0 Å². The molecule has 0 bridgehead atoms. The third kappa shape index (κ3) is 3.82. The molecule has 0 radical (unpaired) electrons. The molecule has 3 aromatic carbocycles. The highest BCUT2D eigenvalue weighted by Gasteiger charge is 2.23. The molecular weight excluding hydrogens is 412 g/mol. The summed E-state index contributed by atoms with van der Waals surface area (Å²) >= 11 is 1.55. The van der Waals surface area contributed by atoms with Gasteiger partial charge >= 0.3 is 0 Å². The van der Waals surface area contributed by atoms with Gasteiger partial charge in [0.2, 0.25) is 0 Å². The average Bonchev–Trinajstić information content (AvgIpc) is 3.20. The van der Waals surface area contributed by atoms with Crippen molar-refractivity contribution in [2.45, 2.75) is 0 Å². The molecule has 4 aromatic rings. The second-order valence-corrected chi connectivity index (χ2v) is 7.85. The van der Waals surface area contributed by atoms with E-state index in [1.54, 1.807) is 64.0 Å². The second-order valence-electron chi connectivity index (χ2n) is 6.80. The summed E-state index contributed by atoms with van der Waals surface area (Å²) in [6.45, 7) is 0. The van der Waals surface area contributed by atoms with E-state index in [1.807, 2.05) is 36.4 Å². The van der Waals surface area contributed by atoms with Crippen LogP contribution in [0, 0.1) is 0 Å². The lowest BCUT2D eigenvalue weighted by atomic mass is 9.97. The van der Waals surface area contributed by atoms with Crippen molar-refractivity contribution in [2.24, 2.45) is 0 Å². The maximum Gasteiger partial charge on any atom is 0.195 e. The number of carbonyl (C=O) groups is 1. The minimum Gasteiger partial charge on any atom is -0.497 e. The fourth-order valence-corrected chi connectivity index (χ4v) is 4.70. The number of hydrogen-bond acceptors (Lipinski definition) is 6. The van der Waals surface area contributed by atoms with Crippen molar-refractivity contribution in [1.82, 2.24) is 0 Å². The smallest absolute Gasteiger partial charge is 0.195 e. The molecule has 5 nitrogen and oxygen atoms in total. The van der Waals surface area contributed by atoms with Gasteiger partial charge in [-0.3, -0.25) is 4.79 Å². The van der Waals surface area contributed by atoms with Crippen molar-refractivity contribution < 1.29 is 23.7 Å². The van der Waals surface area contributed by atoms with E-state index >= 15 is 0 Å². The van der Waals surface area contributed by atoms with E-state index in [0.29, 0.717) is 28.4 Å². The van der Waals surface area contributed by atoms with Crippen LogP contribution in [-0.2, 0) is 0 Å². The van der Waals surface area contributed by atoms with Crippen LogP contribution in [0.15, 0.2) is 60.7 Å². The molecule has 0 aliphatic rings. The van der Waals surface area contributed by atoms with Gasteiger partial charge in [-0.05, 0) is 60.2 Å². The van der Waals surface area contributed by atoms with Crippen LogP contribution in [0.4, 0.5) is 0 Å². The van der Waals surface area contributed by atoms with Crippen LogP contribution in [0.25, 0.3) is 20.5 Å². The highest BCUT2D eigenvalue weighted by Crippen LogP contribution is 2.44. The third-order valence-corrected chi connectivity index (χ3v) is 6.33. The largest absolute Gasteiger partial charge is 0.497 e. The molecule has 31 heavy (non-hydrogen) atoms. The van der Waals surface area contributed by atoms with Crippen molar-refractivity contribution in [2.75, 3.05) is 28.4 Å². The Kier molecular flexibility index (Phi) is 5.82. The van der Waals surface area contributed by atoms with Gasteiger partial charge < -0.3 is 18.9 Å². The highest BCUT2D eigenvalue weighted by molar-refractivity contribution is 7.22. The first-order valence-electron chi connectivity index (χ1n) is 9.61. The molecule has 0 amide bonds. The van der Waals surface area contributed by atoms with Gasteiger partial charge in [-0.1, -0.05) is 0 Å². The van der Waals surface area contributed by atoms with Gasteiger partial charge in [0.15, 0.2) is 17.3 Å². The number of carbonyl (C=O) groups excluding carboxylic acids is 1. The van der Waals surface area contributed by atoms with Gasteiger partial charge in [0.25, 0.3) is 0 Å². The highest BCUT2D eigenvalue weighted by atomic mass is 32.1. The molecule has 158 valence electrons. The quantitative estimate of drug-likeness (QED) is 0.342. The SMILES string of the molecule is COc1ccc(C(=O)c2c(-c3ccc(OC)cc3)sc3cc(OC)c(OC)cc23)cc1. The molecule has 0 spiro atoms. The van der Waals surface area contributed by atoms with Gasteiger partial charge in [0.1, 0.15) is 11.5 Å². The number of ketones is 1. The first-order valence-corrected chi connectivity index (χ1v) is 10.4. The van der Waals surface area contributed by atoms with Gasteiger partial charge in [-0.15, -0.1) is 11.3 Å². The summed E-state index contributed by atoms with van der Waals surface area (Å²) in [5, 5.41) is 0.828. The Morgan fingerprint density at radius 3 is 1.81 bits per heavy atom. The van der Waals surface area contributed by atoms with Crippen molar-refractivity contribution in [3.05, 3.63) is 71.8 Å². The van der Waals surface area contributed by atoms with E-state index in [-0.39, 0.29) is 5.78 Å². The lowest BCUT2D eigenvalue weighted by molar-refractivity contribution is 0.104. The monoisotopic (exact) mass is 434 g/mol. The van der Waals surface area contributed by atoms with Gasteiger partial charge in [0, 0.05) is 32.2 Å². The Balaban J connectivity index is 1.95. The third-order valence-electron chi connectivity index (χ3n) is 5.13. The van der Waals surface area contributed by atoms with Crippen molar-refractivity contribution in [1.29, 1.82) is 0 Å². The van der Waals surface area contributed by atoms with E-state index in [1.165, 1.54) is 0 Å². The average molecular weight is 435 g/mol.